The van der Waals surface area contributed by atoms with Gasteiger partial charge in [0.2, 0.25) is 11.8 Å². The number of hydrogen-bond donors (Lipinski definition) is 1. The van der Waals surface area contributed by atoms with E-state index >= 15 is 0 Å². The minimum atomic E-state index is -0.136. The summed E-state index contributed by atoms with van der Waals surface area (Å²) in [5.74, 6) is 0.763. The molecule has 2 aromatic heterocycles. The number of carbonyl (C=O) groups excluding carboxylic acids is 1. The summed E-state index contributed by atoms with van der Waals surface area (Å²) in [4.78, 5) is 18.8. The zero-order valence-electron chi connectivity index (χ0n) is 17.9. The minimum absolute atomic E-state index is 0.0770. The van der Waals surface area contributed by atoms with Gasteiger partial charge in [0.15, 0.2) is 0 Å². The van der Waals surface area contributed by atoms with Crippen LogP contribution in [-0.2, 0) is 9.53 Å². The molecule has 0 saturated carbocycles. The van der Waals surface area contributed by atoms with Gasteiger partial charge in [-0.05, 0) is 26.0 Å². The Morgan fingerprint density at radius 1 is 1.23 bits per heavy atom. The van der Waals surface area contributed by atoms with Crippen LogP contribution in [0.2, 0.25) is 0 Å². The third-order valence-electron chi connectivity index (χ3n) is 6.16. The molecular formula is C23H27N5O3. The molecule has 8 nitrogen and oxygen atoms in total. The Balaban J connectivity index is 1.44. The number of nitrogens with zero attached hydrogens (tertiary/aromatic N) is 4. The molecule has 2 fully saturated rings. The molecule has 0 bridgehead atoms. The van der Waals surface area contributed by atoms with Crippen LogP contribution in [0.3, 0.4) is 0 Å². The van der Waals surface area contributed by atoms with Crippen molar-refractivity contribution in [2.24, 2.45) is 5.92 Å². The van der Waals surface area contributed by atoms with Crippen LogP contribution >= 0.6 is 0 Å². The summed E-state index contributed by atoms with van der Waals surface area (Å²) in [6.07, 6.45) is 4.10. The van der Waals surface area contributed by atoms with Crippen LogP contribution < -0.4 is 15.0 Å². The fourth-order valence-corrected chi connectivity index (χ4v) is 4.24. The minimum Gasteiger partial charge on any atom is -0.473 e. The lowest BCUT2D eigenvalue weighted by Gasteiger charge is -2.28. The molecule has 1 aromatic carbocycles. The Bertz CT molecular complexity index is 1090. The molecule has 2 saturated heterocycles. The zero-order chi connectivity index (χ0) is 21.4. The highest BCUT2D eigenvalue weighted by atomic mass is 16.5. The smallest absolute Gasteiger partial charge is 0.241 e. The van der Waals surface area contributed by atoms with Gasteiger partial charge in [0, 0.05) is 48.8 Å². The van der Waals surface area contributed by atoms with Crippen LogP contribution in [0.1, 0.15) is 18.9 Å². The summed E-state index contributed by atoms with van der Waals surface area (Å²) in [7, 11) is 0. The van der Waals surface area contributed by atoms with Crippen molar-refractivity contribution in [3.05, 3.63) is 42.2 Å². The molecule has 2 atom stereocenters. The summed E-state index contributed by atoms with van der Waals surface area (Å²) in [6, 6.07) is 8.42. The van der Waals surface area contributed by atoms with Crippen LogP contribution in [0.15, 0.2) is 36.7 Å². The normalized spacial score (nSPS) is 20.1. The second-order valence-corrected chi connectivity index (χ2v) is 8.29. The number of morpholine rings is 1. The second-order valence-electron chi connectivity index (χ2n) is 8.29. The van der Waals surface area contributed by atoms with Crippen molar-refractivity contribution in [2.75, 3.05) is 37.7 Å². The topological polar surface area (TPSA) is 81.0 Å². The van der Waals surface area contributed by atoms with Gasteiger partial charge in [-0.3, -0.25) is 4.79 Å². The number of aryl methyl sites for hydroxylation is 1. The lowest BCUT2D eigenvalue weighted by Crippen LogP contribution is -2.36. The van der Waals surface area contributed by atoms with Gasteiger partial charge >= 0.3 is 0 Å². The van der Waals surface area contributed by atoms with E-state index < -0.39 is 0 Å². The number of fused-ring (bicyclic) bond motifs is 1. The van der Waals surface area contributed by atoms with Gasteiger partial charge in [-0.25, -0.2) is 9.50 Å². The number of carbonyl (C=O) groups is 1. The van der Waals surface area contributed by atoms with Crippen molar-refractivity contribution in [3.63, 3.8) is 0 Å². The van der Waals surface area contributed by atoms with Crippen molar-refractivity contribution in [2.45, 2.75) is 26.4 Å². The number of nitrogens with one attached hydrogen (secondary N) is 1. The zero-order valence-corrected chi connectivity index (χ0v) is 17.9. The largest absolute Gasteiger partial charge is 0.473 e. The van der Waals surface area contributed by atoms with E-state index in [4.69, 9.17) is 14.5 Å². The Labute approximate surface area is 181 Å². The van der Waals surface area contributed by atoms with E-state index in [0.717, 1.165) is 48.6 Å². The first-order valence-corrected chi connectivity index (χ1v) is 10.8. The van der Waals surface area contributed by atoms with E-state index in [1.165, 1.54) is 5.69 Å². The molecular weight excluding hydrogens is 394 g/mol. The molecule has 0 aliphatic carbocycles. The number of ether oxygens (including phenoxy) is 2. The van der Waals surface area contributed by atoms with E-state index in [0.29, 0.717) is 18.8 Å². The predicted molar refractivity (Wildman–Crippen MR) is 117 cm³/mol. The standard InChI is InChI=1S/C23H27N5O3/c1-15-12-25-28-14-20(17-3-5-19(6-4-17)27-7-9-30-10-8-27)26-23(22(15)28)31-16(2)18-11-21(29)24-13-18/h3-6,12,14,16,18H,7-11,13H2,1-2H3,(H,24,29)/t16-,18-/m1/s1. The quantitative estimate of drug-likeness (QED) is 0.682. The van der Waals surface area contributed by atoms with Crippen molar-refractivity contribution >= 4 is 17.1 Å². The molecule has 0 unspecified atom stereocenters. The van der Waals surface area contributed by atoms with Crippen molar-refractivity contribution in [3.8, 4) is 17.1 Å². The average molecular weight is 422 g/mol. The number of rotatable bonds is 5. The van der Waals surface area contributed by atoms with Crippen LogP contribution in [0.4, 0.5) is 5.69 Å². The molecule has 31 heavy (non-hydrogen) atoms. The Kier molecular flexibility index (Phi) is 5.23. The molecule has 4 heterocycles. The van der Waals surface area contributed by atoms with E-state index in [-0.39, 0.29) is 17.9 Å². The van der Waals surface area contributed by atoms with Crippen molar-refractivity contribution < 1.29 is 14.3 Å². The third kappa shape index (κ3) is 3.95. The van der Waals surface area contributed by atoms with Crippen molar-refractivity contribution in [1.29, 1.82) is 0 Å². The first-order chi connectivity index (χ1) is 15.1. The lowest BCUT2D eigenvalue weighted by atomic mass is 10.0. The molecule has 0 radical (unpaired) electrons. The van der Waals surface area contributed by atoms with Gasteiger partial charge in [0.25, 0.3) is 0 Å². The molecule has 2 aliphatic rings. The lowest BCUT2D eigenvalue weighted by molar-refractivity contribution is -0.119. The van der Waals surface area contributed by atoms with Gasteiger partial charge in [0.05, 0.1) is 31.3 Å². The highest BCUT2D eigenvalue weighted by molar-refractivity contribution is 5.78. The van der Waals surface area contributed by atoms with Crippen LogP contribution in [0.25, 0.3) is 16.8 Å². The van der Waals surface area contributed by atoms with Gasteiger partial charge in [-0.2, -0.15) is 5.10 Å². The number of benzene rings is 1. The third-order valence-corrected chi connectivity index (χ3v) is 6.16. The van der Waals surface area contributed by atoms with Crippen LogP contribution in [0, 0.1) is 12.8 Å². The highest BCUT2D eigenvalue weighted by Crippen LogP contribution is 2.30. The SMILES string of the molecule is Cc1cnn2cc(-c3ccc(N4CCOCC4)cc3)nc(O[C@H](C)[C@H]3CNC(=O)C3)c12. The molecule has 0 spiro atoms. The maximum absolute atomic E-state index is 11.6. The van der Waals surface area contributed by atoms with Crippen molar-refractivity contribution in [1.82, 2.24) is 19.9 Å². The number of hydrogen-bond acceptors (Lipinski definition) is 6. The molecule has 1 amide bonds. The summed E-state index contributed by atoms with van der Waals surface area (Å²) in [6.45, 7) is 7.98. The number of amides is 1. The fraction of sp³-hybridized carbons (Fsp3) is 0.435. The summed E-state index contributed by atoms with van der Waals surface area (Å²) < 4.78 is 13.6. The van der Waals surface area contributed by atoms with E-state index in [1.807, 2.05) is 30.8 Å². The number of anilines is 1. The van der Waals surface area contributed by atoms with Crippen LogP contribution in [-0.4, -0.2) is 59.5 Å². The summed E-state index contributed by atoms with van der Waals surface area (Å²) >= 11 is 0. The molecule has 3 aromatic rings. The van der Waals surface area contributed by atoms with E-state index in [9.17, 15) is 4.79 Å². The Morgan fingerprint density at radius 2 is 2.00 bits per heavy atom. The van der Waals surface area contributed by atoms with Crippen LogP contribution in [0.5, 0.6) is 5.88 Å². The van der Waals surface area contributed by atoms with E-state index in [2.05, 4.69) is 39.6 Å². The van der Waals surface area contributed by atoms with Gasteiger partial charge in [-0.1, -0.05) is 12.1 Å². The molecule has 2 aliphatic heterocycles. The molecule has 5 rings (SSSR count). The van der Waals surface area contributed by atoms with Gasteiger partial charge in [0.1, 0.15) is 11.6 Å². The molecule has 8 heteroatoms. The summed E-state index contributed by atoms with van der Waals surface area (Å²) in [5.41, 5.74) is 4.85. The maximum Gasteiger partial charge on any atom is 0.241 e. The van der Waals surface area contributed by atoms with Gasteiger partial charge in [-0.15, -0.1) is 0 Å². The first-order valence-electron chi connectivity index (χ1n) is 10.8. The monoisotopic (exact) mass is 421 g/mol. The van der Waals surface area contributed by atoms with E-state index in [1.54, 1.807) is 0 Å². The second kappa shape index (κ2) is 8.19. The first kappa shape index (κ1) is 19.8. The fourth-order valence-electron chi connectivity index (χ4n) is 4.24. The molecule has 1 N–H and O–H groups in total. The summed E-state index contributed by atoms with van der Waals surface area (Å²) in [5, 5.41) is 7.36. The Morgan fingerprint density at radius 3 is 2.71 bits per heavy atom. The number of aromatic nitrogens is 3. The Hall–Kier alpha value is -3.13. The van der Waals surface area contributed by atoms with Gasteiger partial charge < -0.3 is 19.7 Å². The molecule has 162 valence electrons. The predicted octanol–water partition coefficient (Wildman–Crippen LogP) is 2.44. The highest BCUT2D eigenvalue weighted by Gasteiger charge is 2.29. The maximum atomic E-state index is 11.6. The average Bonchev–Trinajstić information content (AvgIpc) is 3.40.